The average molecular weight is 444 g/mol. The molecule has 2 aromatic heterocycles. The van der Waals surface area contributed by atoms with Crippen molar-refractivity contribution in [1.82, 2.24) is 24.5 Å². The molecule has 0 fully saturated rings. The zero-order chi connectivity index (χ0) is 22.4. The maximum atomic E-state index is 12.3. The molecule has 31 heavy (non-hydrogen) atoms. The molecule has 0 aliphatic rings. The van der Waals surface area contributed by atoms with Gasteiger partial charge in [0.1, 0.15) is 5.56 Å². The van der Waals surface area contributed by atoms with Crippen LogP contribution in [0.2, 0.25) is 0 Å². The summed E-state index contributed by atoms with van der Waals surface area (Å²) in [7, 11) is 0. The zero-order valence-corrected chi connectivity index (χ0v) is 18.5. The molecule has 164 valence electrons. The number of nitrogens with one attached hydrogen (secondary N) is 1. The smallest absolute Gasteiger partial charge is 0.248 e. The van der Waals surface area contributed by atoms with Gasteiger partial charge in [-0.15, -0.1) is 15.3 Å². The number of nitrogens with two attached hydrogens (primary N) is 1. The van der Waals surface area contributed by atoms with Crippen molar-refractivity contribution in [3.05, 3.63) is 36.0 Å². The Morgan fingerprint density at radius 2 is 1.87 bits per heavy atom. The van der Waals surface area contributed by atoms with Gasteiger partial charge in [0.05, 0.1) is 12.4 Å². The molecule has 3 rings (SSSR count). The van der Waals surface area contributed by atoms with E-state index >= 15 is 0 Å². The second-order valence-electron chi connectivity index (χ2n) is 6.47. The highest BCUT2D eigenvalue weighted by atomic mass is 32.2. The summed E-state index contributed by atoms with van der Waals surface area (Å²) in [6, 6.07) is 6.40. The first-order valence-corrected chi connectivity index (χ1v) is 10.9. The molecule has 11 heteroatoms. The summed E-state index contributed by atoms with van der Waals surface area (Å²) in [6.07, 6.45) is 1.89. The Labute approximate surface area is 184 Å². The van der Waals surface area contributed by atoms with Gasteiger partial charge in [-0.2, -0.15) is 0 Å². The summed E-state index contributed by atoms with van der Waals surface area (Å²) in [5, 5.41) is 16.4. The van der Waals surface area contributed by atoms with Crippen LogP contribution in [0.4, 0.5) is 5.69 Å². The molecular formula is C20H25N7O3S. The van der Waals surface area contributed by atoms with Crippen LogP contribution >= 0.6 is 11.8 Å². The van der Waals surface area contributed by atoms with E-state index in [2.05, 4.69) is 20.6 Å². The van der Waals surface area contributed by atoms with Gasteiger partial charge >= 0.3 is 0 Å². The predicted molar refractivity (Wildman–Crippen MR) is 118 cm³/mol. The quantitative estimate of drug-likeness (QED) is 0.460. The van der Waals surface area contributed by atoms with Gasteiger partial charge in [0.25, 0.3) is 0 Å². The van der Waals surface area contributed by atoms with Crippen molar-refractivity contribution >= 4 is 29.3 Å². The first-order valence-electron chi connectivity index (χ1n) is 9.93. The van der Waals surface area contributed by atoms with Crippen LogP contribution in [0.25, 0.3) is 11.4 Å². The number of anilines is 1. The number of rotatable bonds is 10. The highest BCUT2D eigenvalue weighted by Gasteiger charge is 2.20. The number of aryl methyl sites for hydroxylation is 1. The topological polar surface area (TPSA) is 130 Å². The fourth-order valence-corrected chi connectivity index (χ4v) is 3.69. The molecule has 0 aliphatic carbocycles. The second kappa shape index (κ2) is 10.1. The Kier molecular flexibility index (Phi) is 7.29. The number of thioether (sulfide) groups is 1. The monoisotopic (exact) mass is 443 g/mol. The molecule has 10 nitrogen and oxygen atoms in total. The lowest BCUT2D eigenvalue weighted by Crippen LogP contribution is -2.15. The van der Waals surface area contributed by atoms with E-state index in [9.17, 15) is 9.59 Å². The SMILES string of the molecule is CCOc1nn(CC)cc1-c1nnc(SCC(=O)Nc2ccc(C(N)=O)cc2)n1CC. The zero-order valence-electron chi connectivity index (χ0n) is 17.7. The van der Waals surface area contributed by atoms with Crippen molar-refractivity contribution in [2.75, 3.05) is 17.7 Å². The summed E-state index contributed by atoms with van der Waals surface area (Å²) < 4.78 is 9.38. The number of hydrogen-bond acceptors (Lipinski definition) is 7. The number of aromatic nitrogens is 5. The maximum absolute atomic E-state index is 12.3. The number of nitrogens with zero attached hydrogens (tertiary/aromatic N) is 5. The Balaban J connectivity index is 1.70. The van der Waals surface area contributed by atoms with E-state index in [1.165, 1.54) is 11.8 Å². The molecule has 0 saturated carbocycles. The van der Waals surface area contributed by atoms with E-state index < -0.39 is 5.91 Å². The third-order valence-electron chi connectivity index (χ3n) is 4.39. The van der Waals surface area contributed by atoms with Crippen molar-refractivity contribution in [1.29, 1.82) is 0 Å². The number of primary amides is 1. The van der Waals surface area contributed by atoms with Crippen LogP contribution in [0.1, 0.15) is 31.1 Å². The van der Waals surface area contributed by atoms with E-state index in [1.54, 1.807) is 28.9 Å². The Hall–Kier alpha value is -3.34. The number of carbonyl (C=O) groups excluding carboxylic acids is 2. The van der Waals surface area contributed by atoms with Gasteiger partial charge in [0, 0.05) is 30.5 Å². The third-order valence-corrected chi connectivity index (χ3v) is 5.36. The minimum atomic E-state index is -0.514. The standard InChI is InChI=1S/C20H25N7O3S/c1-4-26-11-15(19(25-26)30-6-3)18-23-24-20(27(18)5-2)31-12-16(28)22-14-9-7-13(8-10-14)17(21)29/h7-11H,4-6,12H2,1-3H3,(H2,21,29)(H,22,28). The first kappa shape index (κ1) is 22.3. The molecule has 3 aromatic rings. The summed E-state index contributed by atoms with van der Waals surface area (Å²) in [6.45, 7) is 7.73. The van der Waals surface area contributed by atoms with Crippen molar-refractivity contribution in [3.63, 3.8) is 0 Å². The largest absolute Gasteiger partial charge is 0.476 e. The molecule has 0 atom stereocenters. The molecule has 0 bridgehead atoms. The number of hydrogen-bond donors (Lipinski definition) is 2. The van der Waals surface area contributed by atoms with Crippen LogP contribution in [0.15, 0.2) is 35.6 Å². The summed E-state index contributed by atoms with van der Waals surface area (Å²) >= 11 is 1.29. The van der Waals surface area contributed by atoms with E-state index in [-0.39, 0.29) is 11.7 Å². The minimum absolute atomic E-state index is 0.155. The predicted octanol–water partition coefficient (Wildman–Crippen LogP) is 2.41. The van der Waals surface area contributed by atoms with Crippen LogP contribution in [-0.4, -0.2) is 48.7 Å². The van der Waals surface area contributed by atoms with Crippen molar-refractivity contribution in [2.24, 2.45) is 5.73 Å². The van der Waals surface area contributed by atoms with Gasteiger partial charge in [-0.1, -0.05) is 11.8 Å². The van der Waals surface area contributed by atoms with Crippen LogP contribution in [-0.2, 0) is 17.9 Å². The third kappa shape index (κ3) is 5.23. The fraction of sp³-hybridized carbons (Fsp3) is 0.350. The number of ether oxygens (including phenoxy) is 1. The lowest BCUT2D eigenvalue weighted by atomic mass is 10.2. The van der Waals surface area contributed by atoms with E-state index in [0.717, 1.165) is 5.56 Å². The summed E-state index contributed by atoms with van der Waals surface area (Å²) in [4.78, 5) is 23.5. The molecule has 2 amide bonds. The van der Waals surface area contributed by atoms with Gasteiger partial charge in [0.15, 0.2) is 11.0 Å². The maximum Gasteiger partial charge on any atom is 0.248 e. The van der Waals surface area contributed by atoms with Gasteiger partial charge in [-0.25, -0.2) is 0 Å². The summed E-state index contributed by atoms with van der Waals surface area (Å²) in [5.41, 5.74) is 6.96. The normalized spacial score (nSPS) is 10.8. The Bertz CT molecular complexity index is 1060. The molecule has 0 unspecified atom stereocenters. The Morgan fingerprint density at radius 3 is 2.48 bits per heavy atom. The highest BCUT2D eigenvalue weighted by molar-refractivity contribution is 7.99. The molecule has 1 aromatic carbocycles. The number of benzene rings is 1. The van der Waals surface area contributed by atoms with E-state index in [0.29, 0.717) is 47.8 Å². The van der Waals surface area contributed by atoms with Crippen LogP contribution in [0, 0.1) is 0 Å². The molecule has 3 N–H and O–H groups in total. The first-order chi connectivity index (χ1) is 15.0. The van der Waals surface area contributed by atoms with Gasteiger partial charge < -0.3 is 20.4 Å². The molecular weight excluding hydrogens is 418 g/mol. The van der Waals surface area contributed by atoms with Crippen molar-refractivity contribution in [3.8, 4) is 17.3 Å². The average Bonchev–Trinajstić information content (AvgIpc) is 3.36. The highest BCUT2D eigenvalue weighted by Crippen LogP contribution is 2.30. The second-order valence-corrected chi connectivity index (χ2v) is 7.41. The number of amides is 2. The van der Waals surface area contributed by atoms with Crippen molar-refractivity contribution < 1.29 is 14.3 Å². The lowest BCUT2D eigenvalue weighted by Gasteiger charge is -2.08. The fourth-order valence-electron chi connectivity index (χ4n) is 2.89. The Morgan fingerprint density at radius 1 is 1.13 bits per heavy atom. The van der Waals surface area contributed by atoms with Crippen LogP contribution in [0.5, 0.6) is 5.88 Å². The lowest BCUT2D eigenvalue weighted by molar-refractivity contribution is -0.113. The van der Waals surface area contributed by atoms with Crippen molar-refractivity contribution in [2.45, 2.75) is 39.0 Å². The van der Waals surface area contributed by atoms with Gasteiger partial charge in [0.2, 0.25) is 17.7 Å². The van der Waals surface area contributed by atoms with Crippen LogP contribution in [0.3, 0.4) is 0 Å². The molecule has 0 radical (unpaired) electrons. The molecule has 2 heterocycles. The van der Waals surface area contributed by atoms with Gasteiger partial charge in [-0.3, -0.25) is 14.3 Å². The summed E-state index contributed by atoms with van der Waals surface area (Å²) in [5.74, 6) is 0.608. The number of carbonyl (C=O) groups is 2. The van der Waals surface area contributed by atoms with E-state index in [1.807, 2.05) is 31.5 Å². The molecule has 0 spiro atoms. The molecule has 0 saturated heterocycles. The minimum Gasteiger partial charge on any atom is -0.476 e. The van der Waals surface area contributed by atoms with E-state index in [4.69, 9.17) is 10.5 Å². The van der Waals surface area contributed by atoms with Gasteiger partial charge in [-0.05, 0) is 45.0 Å². The molecule has 0 aliphatic heterocycles. The van der Waals surface area contributed by atoms with Crippen LogP contribution < -0.4 is 15.8 Å².